The van der Waals surface area contributed by atoms with E-state index in [1.807, 2.05) is 7.05 Å². The van der Waals surface area contributed by atoms with Gasteiger partial charge in [0.25, 0.3) is 0 Å². The van der Waals surface area contributed by atoms with Crippen LogP contribution < -0.4 is 5.32 Å². The molecule has 0 aromatic heterocycles. The monoisotopic (exact) mass is 176 g/mol. The Labute approximate surface area is 79.6 Å². The molecule has 2 heteroatoms. The minimum atomic E-state index is 1.10. The molecule has 1 aliphatic rings. The summed E-state index contributed by atoms with van der Waals surface area (Å²) in [7, 11) is 1.99. The fourth-order valence-corrected chi connectivity index (χ4v) is 1.95. The van der Waals surface area contributed by atoms with Gasteiger partial charge in [0.05, 0.1) is 0 Å². The van der Waals surface area contributed by atoms with Gasteiger partial charge in [0.1, 0.15) is 0 Å². The van der Waals surface area contributed by atoms with E-state index in [2.05, 4.69) is 35.3 Å². The van der Waals surface area contributed by atoms with Gasteiger partial charge in [0.2, 0.25) is 0 Å². The third-order valence-corrected chi connectivity index (χ3v) is 2.77. The van der Waals surface area contributed by atoms with Gasteiger partial charge in [-0.15, -0.1) is 0 Å². The van der Waals surface area contributed by atoms with E-state index < -0.39 is 0 Å². The zero-order valence-electron chi connectivity index (χ0n) is 8.30. The summed E-state index contributed by atoms with van der Waals surface area (Å²) in [5, 5.41) is 3.25. The Kier molecular flexibility index (Phi) is 2.23. The lowest BCUT2D eigenvalue weighted by molar-refractivity contribution is 0.301. The van der Waals surface area contributed by atoms with E-state index in [1.54, 1.807) is 0 Å². The summed E-state index contributed by atoms with van der Waals surface area (Å²) in [6.45, 7) is 5.56. The number of hydrogen-bond donors (Lipinski definition) is 1. The van der Waals surface area contributed by atoms with Crippen LogP contribution in [0.5, 0.6) is 0 Å². The molecular weight excluding hydrogens is 160 g/mol. The molecule has 0 fully saturated rings. The van der Waals surface area contributed by atoms with Crippen molar-refractivity contribution in [1.29, 1.82) is 0 Å². The van der Waals surface area contributed by atoms with E-state index in [0.717, 1.165) is 19.6 Å². The molecule has 0 atom stereocenters. The summed E-state index contributed by atoms with van der Waals surface area (Å²) < 4.78 is 0. The van der Waals surface area contributed by atoms with Crippen LogP contribution in [0.2, 0.25) is 0 Å². The molecule has 1 N–H and O–H groups in total. The van der Waals surface area contributed by atoms with E-state index in [9.17, 15) is 0 Å². The first-order valence-electron chi connectivity index (χ1n) is 4.86. The standard InChI is InChI=1S/C11H16N2/c1-3-13-7-9-5-4-6-11(12-2)10(9)8-13/h4-6,12H,3,7-8H2,1-2H3. The molecule has 0 saturated heterocycles. The summed E-state index contributed by atoms with van der Waals surface area (Å²) in [6.07, 6.45) is 0. The molecule has 1 aliphatic heterocycles. The number of hydrogen-bond acceptors (Lipinski definition) is 2. The third kappa shape index (κ3) is 1.42. The predicted molar refractivity (Wildman–Crippen MR) is 55.8 cm³/mol. The number of nitrogens with zero attached hydrogens (tertiary/aromatic N) is 1. The highest BCUT2D eigenvalue weighted by Gasteiger charge is 2.19. The van der Waals surface area contributed by atoms with Crippen LogP contribution in [-0.2, 0) is 13.1 Å². The molecule has 1 heterocycles. The largest absolute Gasteiger partial charge is 0.388 e. The van der Waals surface area contributed by atoms with Crippen molar-refractivity contribution in [3.05, 3.63) is 29.3 Å². The van der Waals surface area contributed by atoms with Crippen molar-refractivity contribution >= 4 is 5.69 Å². The number of anilines is 1. The van der Waals surface area contributed by atoms with E-state index in [-0.39, 0.29) is 0 Å². The zero-order chi connectivity index (χ0) is 9.26. The van der Waals surface area contributed by atoms with Gasteiger partial charge in [-0.25, -0.2) is 0 Å². The Balaban J connectivity index is 2.33. The quantitative estimate of drug-likeness (QED) is 0.742. The zero-order valence-corrected chi connectivity index (χ0v) is 8.30. The number of fused-ring (bicyclic) bond motifs is 1. The minimum absolute atomic E-state index is 1.10. The molecule has 0 saturated carbocycles. The molecule has 0 aliphatic carbocycles. The normalized spacial score (nSPS) is 15.8. The van der Waals surface area contributed by atoms with Crippen molar-refractivity contribution in [2.24, 2.45) is 0 Å². The highest BCUT2D eigenvalue weighted by Crippen LogP contribution is 2.28. The first-order valence-corrected chi connectivity index (χ1v) is 4.86. The number of rotatable bonds is 2. The molecule has 2 nitrogen and oxygen atoms in total. The second-order valence-corrected chi connectivity index (χ2v) is 3.50. The second kappa shape index (κ2) is 3.38. The van der Waals surface area contributed by atoms with E-state index in [0.29, 0.717) is 0 Å². The molecule has 0 spiro atoms. The average Bonchev–Trinajstić information content (AvgIpc) is 2.59. The second-order valence-electron chi connectivity index (χ2n) is 3.50. The molecule has 1 aromatic carbocycles. The fourth-order valence-electron chi connectivity index (χ4n) is 1.95. The first kappa shape index (κ1) is 8.57. The van der Waals surface area contributed by atoms with Gasteiger partial charge in [-0.1, -0.05) is 19.1 Å². The van der Waals surface area contributed by atoms with Gasteiger partial charge in [-0.3, -0.25) is 4.90 Å². The van der Waals surface area contributed by atoms with E-state index >= 15 is 0 Å². The number of nitrogens with one attached hydrogen (secondary N) is 1. The van der Waals surface area contributed by atoms with Gasteiger partial charge in [-0.2, -0.15) is 0 Å². The molecular formula is C11H16N2. The van der Waals surface area contributed by atoms with Crippen LogP contribution >= 0.6 is 0 Å². The first-order chi connectivity index (χ1) is 6.35. The SMILES string of the molecule is CCN1Cc2cccc(NC)c2C1. The Bertz CT molecular complexity index is 307. The van der Waals surface area contributed by atoms with Crippen LogP contribution in [0.4, 0.5) is 5.69 Å². The molecule has 0 radical (unpaired) electrons. The maximum absolute atomic E-state index is 3.25. The Hall–Kier alpha value is -1.02. The van der Waals surface area contributed by atoms with Crippen molar-refractivity contribution in [3.63, 3.8) is 0 Å². The molecule has 1 aromatic rings. The van der Waals surface area contributed by atoms with Crippen molar-refractivity contribution in [3.8, 4) is 0 Å². The maximum Gasteiger partial charge on any atom is 0.0386 e. The van der Waals surface area contributed by atoms with Crippen LogP contribution in [0.15, 0.2) is 18.2 Å². The summed E-state index contributed by atoms with van der Waals surface area (Å²) in [5.74, 6) is 0. The Morgan fingerprint density at radius 3 is 2.92 bits per heavy atom. The highest BCUT2D eigenvalue weighted by atomic mass is 15.1. The van der Waals surface area contributed by atoms with Gasteiger partial charge in [0.15, 0.2) is 0 Å². The Morgan fingerprint density at radius 1 is 1.38 bits per heavy atom. The molecule has 0 bridgehead atoms. The smallest absolute Gasteiger partial charge is 0.0386 e. The van der Waals surface area contributed by atoms with Crippen LogP contribution in [0, 0.1) is 0 Å². The molecule has 2 rings (SSSR count). The summed E-state index contributed by atoms with van der Waals surface area (Å²) in [6, 6.07) is 6.51. The van der Waals surface area contributed by atoms with Crippen LogP contribution in [-0.4, -0.2) is 18.5 Å². The van der Waals surface area contributed by atoms with Gasteiger partial charge < -0.3 is 5.32 Å². The topological polar surface area (TPSA) is 15.3 Å². The molecule has 70 valence electrons. The van der Waals surface area contributed by atoms with Crippen molar-refractivity contribution in [1.82, 2.24) is 4.90 Å². The highest BCUT2D eigenvalue weighted by molar-refractivity contribution is 5.55. The van der Waals surface area contributed by atoms with Crippen molar-refractivity contribution in [2.45, 2.75) is 20.0 Å². The number of benzene rings is 1. The molecule has 0 amide bonds. The summed E-state index contributed by atoms with van der Waals surface area (Å²) in [5.41, 5.74) is 4.24. The molecule has 13 heavy (non-hydrogen) atoms. The third-order valence-electron chi connectivity index (χ3n) is 2.77. The lowest BCUT2D eigenvalue weighted by atomic mass is 10.1. The van der Waals surface area contributed by atoms with Crippen molar-refractivity contribution < 1.29 is 0 Å². The van der Waals surface area contributed by atoms with E-state index in [1.165, 1.54) is 16.8 Å². The average molecular weight is 176 g/mol. The van der Waals surface area contributed by atoms with E-state index in [4.69, 9.17) is 0 Å². The lowest BCUT2D eigenvalue weighted by Gasteiger charge is -2.10. The van der Waals surface area contributed by atoms with Gasteiger partial charge in [0, 0.05) is 25.8 Å². The summed E-state index contributed by atoms with van der Waals surface area (Å²) in [4.78, 5) is 2.45. The van der Waals surface area contributed by atoms with Gasteiger partial charge in [-0.05, 0) is 23.7 Å². The maximum atomic E-state index is 3.25. The summed E-state index contributed by atoms with van der Waals surface area (Å²) >= 11 is 0. The van der Waals surface area contributed by atoms with Crippen molar-refractivity contribution in [2.75, 3.05) is 18.9 Å². The Morgan fingerprint density at radius 2 is 2.23 bits per heavy atom. The minimum Gasteiger partial charge on any atom is -0.388 e. The predicted octanol–water partition coefficient (Wildman–Crippen LogP) is 2.06. The van der Waals surface area contributed by atoms with Crippen LogP contribution in [0.25, 0.3) is 0 Å². The fraction of sp³-hybridized carbons (Fsp3) is 0.455. The molecule has 0 unspecified atom stereocenters. The van der Waals surface area contributed by atoms with Crippen LogP contribution in [0.3, 0.4) is 0 Å². The van der Waals surface area contributed by atoms with Crippen LogP contribution in [0.1, 0.15) is 18.1 Å². The van der Waals surface area contributed by atoms with Gasteiger partial charge >= 0.3 is 0 Å². The lowest BCUT2D eigenvalue weighted by Crippen LogP contribution is -2.14.